The van der Waals surface area contributed by atoms with Crippen LogP contribution in [0, 0.1) is 18.6 Å². The third-order valence-corrected chi connectivity index (χ3v) is 7.95. The topological polar surface area (TPSA) is 84.2 Å². The van der Waals surface area contributed by atoms with Crippen molar-refractivity contribution < 1.29 is 13.5 Å². The van der Waals surface area contributed by atoms with Crippen molar-refractivity contribution in [3.63, 3.8) is 0 Å². The van der Waals surface area contributed by atoms with Gasteiger partial charge in [-0.15, -0.1) is 0 Å². The maximum Gasteiger partial charge on any atom is 0.229 e. The molecular weight excluding hydrogens is 538 g/mol. The fraction of sp³-hybridized carbons (Fsp3) is 0.484. The summed E-state index contributed by atoms with van der Waals surface area (Å²) < 4.78 is 38.0. The molecule has 1 aliphatic heterocycles. The van der Waals surface area contributed by atoms with Crippen molar-refractivity contribution in [2.24, 2.45) is 0 Å². The molecule has 1 fully saturated rings. The van der Waals surface area contributed by atoms with Gasteiger partial charge in [-0.3, -0.25) is 4.90 Å². The lowest BCUT2D eigenvalue weighted by Gasteiger charge is -2.42. The van der Waals surface area contributed by atoms with E-state index in [1.807, 2.05) is 43.7 Å². The fourth-order valence-corrected chi connectivity index (χ4v) is 5.74. The van der Waals surface area contributed by atoms with Gasteiger partial charge in [0.1, 0.15) is 22.9 Å². The number of aryl methyl sites for hydroxylation is 1. The summed E-state index contributed by atoms with van der Waals surface area (Å²) in [4.78, 5) is 22.0. The van der Waals surface area contributed by atoms with E-state index in [0.717, 1.165) is 37.8 Å². The van der Waals surface area contributed by atoms with E-state index < -0.39 is 11.6 Å². The molecule has 0 radical (unpaired) electrons. The minimum atomic E-state index is -0.646. The summed E-state index contributed by atoms with van der Waals surface area (Å²) in [7, 11) is 4.19. The fourth-order valence-electron chi connectivity index (χ4n) is 5.74. The van der Waals surface area contributed by atoms with Gasteiger partial charge in [-0.2, -0.15) is 0 Å². The number of fused-ring (bicyclic) bond motifs is 1. The van der Waals surface area contributed by atoms with E-state index in [0.29, 0.717) is 35.4 Å². The van der Waals surface area contributed by atoms with Gasteiger partial charge in [0.05, 0.1) is 23.9 Å². The molecule has 0 aliphatic carbocycles. The van der Waals surface area contributed by atoms with E-state index in [2.05, 4.69) is 63.0 Å². The largest absolute Gasteiger partial charge is 0.373 e. The molecule has 9 nitrogen and oxygen atoms in total. The monoisotopic (exact) mass is 578 g/mol. The Kier molecular flexibility index (Phi) is 8.54. The van der Waals surface area contributed by atoms with E-state index in [1.54, 1.807) is 6.07 Å². The van der Waals surface area contributed by atoms with Crippen molar-refractivity contribution in [1.82, 2.24) is 34.3 Å². The summed E-state index contributed by atoms with van der Waals surface area (Å²) >= 11 is 0. The van der Waals surface area contributed by atoms with Gasteiger partial charge in [0.2, 0.25) is 5.95 Å². The van der Waals surface area contributed by atoms with Gasteiger partial charge in [0.15, 0.2) is 11.6 Å². The van der Waals surface area contributed by atoms with Crippen molar-refractivity contribution in [2.45, 2.75) is 65.3 Å². The first-order valence-corrected chi connectivity index (χ1v) is 14.4. The molecule has 4 heterocycles. The molecule has 0 saturated carbocycles. The van der Waals surface area contributed by atoms with Crippen LogP contribution >= 0.6 is 0 Å². The standard InChI is InChI=1S/C31H40F2N8O/c1-19(2)41-21(4)36-29-24(32)12-23(13-26(29)41)28-25(33)16-35-30(38-28)37-27-9-8-22(15-34-27)17-40-10-11-42-31(5,18-40)14-20(3)39(6)7/h8-9,12-13,15-16,19-20H,10-11,14,17-18H2,1-7H3,(H,34,35,37,38)/t20-,31+/m1/s1. The van der Waals surface area contributed by atoms with Crippen molar-refractivity contribution in [3.8, 4) is 11.3 Å². The quantitative estimate of drug-likeness (QED) is 0.270. The second-order valence-electron chi connectivity index (χ2n) is 12.0. The predicted octanol–water partition coefficient (Wildman–Crippen LogP) is 5.73. The number of hydrogen-bond acceptors (Lipinski definition) is 8. The Labute approximate surface area is 246 Å². The highest BCUT2D eigenvalue weighted by Crippen LogP contribution is 2.31. The van der Waals surface area contributed by atoms with E-state index in [-0.39, 0.29) is 28.8 Å². The van der Waals surface area contributed by atoms with Crippen LogP contribution in [0.3, 0.4) is 0 Å². The second-order valence-corrected chi connectivity index (χ2v) is 12.0. The van der Waals surface area contributed by atoms with Crippen molar-refractivity contribution in [1.29, 1.82) is 0 Å². The number of imidazole rings is 1. The Balaban J connectivity index is 1.30. The molecule has 1 saturated heterocycles. The normalized spacial score (nSPS) is 18.7. The van der Waals surface area contributed by atoms with E-state index in [1.165, 1.54) is 6.07 Å². The molecule has 42 heavy (non-hydrogen) atoms. The van der Waals surface area contributed by atoms with Gasteiger partial charge in [-0.1, -0.05) is 6.07 Å². The van der Waals surface area contributed by atoms with Gasteiger partial charge in [0.25, 0.3) is 0 Å². The van der Waals surface area contributed by atoms with Gasteiger partial charge >= 0.3 is 0 Å². The summed E-state index contributed by atoms with van der Waals surface area (Å²) in [5.74, 6) is 0.213. The van der Waals surface area contributed by atoms with Gasteiger partial charge in [-0.25, -0.2) is 28.7 Å². The van der Waals surface area contributed by atoms with Gasteiger partial charge < -0.3 is 19.5 Å². The number of nitrogens with one attached hydrogen (secondary N) is 1. The number of nitrogens with zero attached hydrogens (tertiary/aromatic N) is 7. The minimum Gasteiger partial charge on any atom is -0.373 e. The van der Waals surface area contributed by atoms with Crippen LogP contribution in [0.1, 0.15) is 51.5 Å². The van der Waals surface area contributed by atoms with Gasteiger partial charge in [0, 0.05) is 43.5 Å². The third-order valence-electron chi connectivity index (χ3n) is 7.95. The number of rotatable bonds is 9. The highest BCUT2D eigenvalue weighted by molar-refractivity contribution is 5.83. The average Bonchev–Trinajstić information content (AvgIpc) is 3.27. The summed E-state index contributed by atoms with van der Waals surface area (Å²) in [5, 5.41) is 3.05. The van der Waals surface area contributed by atoms with Crippen LogP contribution in [0.4, 0.5) is 20.5 Å². The molecule has 0 amide bonds. The molecule has 11 heteroatoms. The summed E-state index contributed by atoms with van der Waals surface area (Å²) in [5.41, 5.74) is 2.03. The number of ether oxygens (including phenoxy) is 1. The van der Waals surface area contributed by atoms with Crippen LogP contribution in [0.5, 0.6) is 0 Å². The summed E-state index contributed by atoms with van der Waals surface area (Å²) in [6.07, 6.45) is 3.86. The van der Waals surface area contributed by atoms with Crippen molar-refractivity contribution >= 4 is 22.8 Å². The zero-order chi connectivity index (χ0) is 30.2. The lowest BCUT2D eigenvalue weighted by Crippen LogP contribution is -2.52. The number of benzene rings is 1. The molecule has 0 unspecified atom stereocenters. The lowest BCUT2D eigenvalue weighted by atomic mass is 9.94. The van der Waals surface area contributed by atoms with Crippen molar-refractivity contribution in [2.75, 3.05) is 39.1 Å². The number of morpholine rings is 1. The Morgan fingerprint density at radius 1 is 1.07 bits per heavy atom. The van der Waals surface area contributed by atoms with E-state index >= 15 is 4.39 Å². The number of pyridine rings is 1. The van der Waals surface area contributed by atoms with Crippen LogP contribution < -0.4 is 5.32 Å². The van der Waals surface area contributed by atoms with Crippen LogP contribution in [0.25, 0.3) is 22.3 Å². The Bertz CT molecular complexity index is 1560. The molecule has 1 aromatic carbocycles. The lowest BCUT2D eigenvalue weighted by molar-refractivity contribution is -0.111. The minimum absolute atomic E-state index is 0.00182. The summed E-state index contributed by atoms with van der Waals surface area (Å²) in [6.45, 7) is 13.4. The first kappa shape index (κ1) is 29.9. The molecule has 1 N–H and O–H groups in total. The Morgan fingerprint density at radius 2 is 1.86 bits per heavy atom. The zero-order valence-corrected chi connectivity index (χ0v) is 25.4. The SMILES string of the molecule is Cc1nc2c(F)cc(-c3nc(Nc4ccc(CN5CCO[C@@](C)(C[C@@H](C)N(C)C)C5)cn4)ncc3F)cc2n1C(C)C. The first-order chi connectivity index (χ1) is 19.9. The Morgan fingerprint density at radius 3 is 2.55 bits per heavy atom. The molecular formula is C31H40F2N8O. The number of halogens is 2. The van der Waals surface area contributed by atoms with Crippen molar-refractivity contribution in [3.05, 3.63) is 59.7 Å². The van der Waals surface area contributed by atoms with E-state index in [4.69, 9.17) is 4.74 Å². The van der Waals surface area contributed by atoms with E-state index in [9.17, 15) is 4.39 Å². The van der Waals surface area contributed by atoms with Crippen LogP contribution in [0.15, 0.2) is 36.7 Å². The van der Waals surface area contributed by atoms with Crippen LogP contribution in [0.2, 0.25) is 0 Å². The average molecular weight is 579 g/mol. The maximum atomic E-state index is 15.0. The number of hydrogen-bond donors (Lipinski definition) is 1. The summed E-state index contributed by atoms with van der Waals surface area (Å²) in [6, 6.07) is 7.33. The zero-order valence-electron chi connectivity index (χ0n) is 25.4. The smallest absolute Gasteiger partial charge is 0.229 e. The van der Waals surface area contributed by atoms with Gasteiger partial charge in [-0.05, 0) is 78.9 Å². The highest BCUT2D eigenvalue weighted by Gasteiger charge is 2.34. The molecule has 4 aromatic rings. The maximum absolute atomic E-state index is 15.0. The van der Waals surface area contributed by atoms with Crippen LogP contribution in [-0.2, 0) is 11.3 Å². The third kappa shape index (κ3) is 6.43. The molecule has 2 atom stereocenters. The molecule has 3 aromatic heterocycles. The number of aromatic nitrogens is 5. The number of anilines is 2. The second kappa shape index (κ2) is 12.0. The molecule has 1 aliphatic rings. The molecule has 0 spiro atoms. The predicted molar refractivity (Wildman–Crippen MR) is 161 cm³/mol. The molecule has 224 valence electrons. The molecule has 5 rings (SSSR count). The first-order valence-electron chi connectivity index (χ1n) is 14.4. The molecule has 0 bridgehead atoms. The Hall–Kier alpha value is -3.54. The van der Waals surface area contributed by atoms with Crippen LogP contribution in [-0.4, -0.2) is 79.7 Å². The highest BCUT2D eigenvalue weighted by atomic mass is 19.1.